The van der Waals surface area contributed by atoms with Crippen molar-refractivity contribution in [2.24, 2.45) is 0 Å². The van der Waals surface area contributed by atoms with Gasteiger partial charge in [-0.05, 0) is 0 Å². The predicted molar refractivity (Wildman–Crippen MR) is 95.0 cm³/mol. The highest BCUT2D eigenvalue weighted by Crippen LogP contribution is 2.29. The van der Waals surface area contributed by atoms with E-state index >= 15 is 0 Å². The van der Waals surface area contributed by atoms with Gasteiger partial charge in [-0.25, -0.2) is 0 Å². The minimum Gasteiger partial charge on any atom is -0.428 e. The van der Waals surface area contributed by atoms with E-state index in [0.717, 1.165) is 25.3 Å². The SMILES string of the molecule is O=C1CCC(=O)N1OC(O)=[N+]1CCC2(CC1)CN(Cc1cnccn1)CCO2. The van der Waals surface area contributed by atoms with E-state index in [1.54, 1.807) is 23.2 Å². The molecule has 0 aliphatic carbocycles. The summed E-state index contributed by atoms with van der Waals surface area (Å²) in [6.45, 7) is 4.01. The third-order valence-corrected chi connectivity index (χ3v) is 5.45. The number of hydrogen-bond donors (Lipinski definition) is 1. The van der Waals surface area contributed by atoms with E-state index in [1.807, 2.05) is 0 Å². The van der Waals surface area contributed by atoms with Gasteiger partial charge in [0, 0.05) is 63.9 Å². The van der Waals surface area contributed by atoms with Gasteiger partial charge in [0.1, 0.15) is 0 Å². The topological polar surface area (TPSA) is 108 Å². The van der Waals surface area contributed by atoms with E-state index in [4.69, 9.17) is 9.57 Å². The standard InChI is InChI=1S/C18H23N5O5/c24-15-1-2-16(25)23(15)28-17(26)22-7-3-18(4-8-22)13-21(9-10-27-18)12-14-11-19-5-6-20-14/h5-6,11H,1-4,7-10,12-13H2/p+1. The molecule has 0 atom stereocenters. The third kappa shape index (κ3) is 3.97. The largest absolute Gasteiger partial charge is 0.572 e. The number of hydroxylamine groups is 2. The number of amides is 2. The molecule has 4 heterocycles. The van der Waals surface area contributed by atoms with E-state index in [2.05, 4.69) is 14.9 Å². The maximum atomic E-state index is 11.6. The van der Waals surface area contributed by atoms with Crippen molar-refractivity contribution in [1.29, 1.82) is 0 Å². The highest BCUT2D eigenvalue weighted by Gasteiger charge is 2.43. The lowest BCUT2D eigenvalue weighted by Gasteiger charge is -2.43. The van der Waals surface area contributed by atoms with Gasteiger partial charge < -0.3 is 9.84 Å². The molecular formula is C18H24N5O5+. The molecule has 3 saturated heterocycles. The molecule has 150 valence electrons. The second-order valence-electron chi connectivity index (χ2n) is 7.38. The van der Waals surface area contributed by atoms with Crippen LogP contribution in [0.15, 0.2) is 18.6 Å². The predicted octanol–water partition coefficient (Wildman–Crippen LogP) is -0.151. The average Bonchev–Trinajstić information content (AvgIpc) is 3.01. The summed E-state index contributed by atoms with van der Waals surface area (Å²) < 4.78 is 7.75. The first kappa shape index (κ1) is 18.8. The fraction of sp³-hybridized carbons (Fsp3) is 0.611. The molecule has 1 N–H and O–H groups in total. The molecule has 4 rings (SSSR count). The zero-order chi connectivity index (χ0) is 19.6. The molecule has 0 radical (unpaired) electrons. The Hall–Kier alpha value is -2.59. The minimum absolute atomic E-state index is 0.116. The van der Waals surface area contributed by atoms with Crippen LogP contribution in [0.1, 0.15) is 31.4 Å². The van der Waals surface area contributed by atoms with Crippen molar-refractivity contribution in [2.45, 2.75) is 37.8 Å². The maximum Gasteiger partial charge on any atom is 0.572 e. The van der Waals surface area contributed by atoms with E-state index < -0.39 is 17.9 Å². The van der Waals surface area contributed by atoms with Crippen LogP contribution in [0, 0.1) is 0 Å². The molecule has 1 aromatic heterocycles. The average molecular weight is 390 g/mol. The molecule has 1 spiro atoms. The quantitative estimate of drug-likeness (QED) is 0.431. The van der Waals surface area contributed by atoms with E-state index in [0.29, 0.717) is 37.6 Å². The van der Waals surface area contributed by atoms with Gasteiger partial charge in [-0.2, -0.15) is 4.58 Å². The Kier molecular flexibility index (Phi) is 5.23. The number of aliphatic hydroxyl groups is 1. The minimum atomic E-state index is -0.430. The van der Waals surface area contributed by atoms with E-state index in [9.17, 15) is 14.7 Å². The van der Waals surface area contributed by atoms with Gasteiger partial charge in [0.25, 0.3) is 11.8 Å². The number of aliphatic hydroxyl groups excluding tert-OH is 1. The summed E-state index contributed by atoms with van der Waals surface area (Å²) in [5.74, 6) is -0.861. The van der Waals surface area contributed by atoms with Gasteiger partial charge in [0.2, 0.25) is 0 Å². The number of ether oxygens (including phenoxy) is 1. The number of hydrogen-bond acceptors (Lipinski definition) is 7. The highest BCUT2D eigenvalue weighted by atomic mass is 16.8. The molecule has 1 aromatic rings. The monoisotopic (exact) mass is 390 g/mol. The van der Waals surface area contributed by atoms with Crippen LogP contribution < -0.4 is 0 Å². The number of imide groups is 1. The summed E-state index contributed by atoms with van der Waals surface area (Å²) in [6.07, 6.45) is 6.36. The van der Waals surface area contributed by atoms with Gasteiger partial charge in [-0.15, -0.1) is 0 Å². The highest BCUT2D eigenvalue weighted by molar-refractivity contribution is 6.01. The zero-order valence-corrected chi connectivity index (χ0v) is 15.6. The number of nitrogens with zero attached hydrogens (tertiary/aromatic N) is 5. The summed E-state index contributed by atoms with van der Waals surface area (Å²) in [5, 5.41) is 10.9. The van der Waals surface area contributed by atoms with Crippen LogP contribution in [0.2, 0.25) is 0 Å². The number of piperidine rings is 1. The molecule has 3 aliphatic rings. The molecule has 0 saturated carbocycles. The first-order valence-corrected chi connectivity index (χ1v) is 9.50. The lowest BCUT2D eigenvalue weighted by molar-refractivity contribution is -0.566. The van der Waals surface area contributed by atoms with Crippen molar-refractivity contribution in [3.63, 3.8) is 0 Å². The van der Waals surface area contributed by atoms with Crippen molar-refractivity contribution >= 4 is 17.9 Å². The molecule has 0 bridgehead atoms. The Morgan fingerprint density at radius 1 is 1.25 bits per heavy atom. The van der Waals surface area contributed by atoms with E-state index in [1.165, 1.54) is 0 Å². The summed E-state index contributed by atoms with van der Waals surface area (Å²) in [7, 11) is 0. The number of rotatable bonds is 3. The van der Waals surface area contributed by atoms with Crippen LogP contribution in [0.5, 0.6) is 0 Å². The molecule has 3 aliphatic heterocycles. The molecule has 10 nitrogen and oxygen atoms in total. The first-order valence-electron chi connectivity index (χ1n) is 9.50. The van der Waals surface area contributed by atoms with Crippen LogP contribution in [0.25, 0.3) is 0 Å². The fourth-order valence-electron chi connectivity index (χ4n) is 3.90. The summed E-state index contributed by atoms with van der Waals surface area (Å²) in [4.78, 5) is 39.1. The van der Waals surface area contributed by atoms with Gasteiger partial charge >= 0.3 is 6.08 Å². The van der Waals surface area contributed by atoms with Crippen molar-refractivity contribution in [1.82, 2.24) is 19.9 Å². The Morgan fingerprint density at radius 2 is 2.00 bits per heavy atom. The van der Waals surface area contributed by atoms with Crippen molar-refractivity contribution in [2.75, 3.05) is 32.8 Å². The molecule has 0 unspecified atom stereocenters. The van der Waals surface area contributed by atoms with Crippen molar-refractivity contribution in [3.8, 4) is 0 Å². The van der Waals surface area contributed by atoms with Crippen LogP contribution in [-0.2, 0) is 25.7 Å². The Labute approximate surface area is 162 Å². The van der Waals surface area contributed by atoms with E-state index in [-0.39, 0.29) is 18.4 Å². The van der Waals surface area contributed by atoms with Gasteiger partial charge in [-0.3, -0.25) is 29.3 Å². The van der Waals surface area contributed by atoms with Crippen molar-refractivity contribution in [3.05, 3.63) is 24.3 Å². The first-order chi connectivity index (χ1) is 13.5. The maximum absolute atomic E-state index is 11.6. The van der Waals surface area contributed by atoms with Crippen LogP contribution >= 0.6 is 0 Å². The van der Waals surface area contributed by atoms with Crippen LogP contribution in [0.4, 0.5) is 0 Å². The zero-order valence-electron chi connectivity index (χ0n) is 15.6. The van der Waals surface area contributed by atoms with Crippen molar-refractivity contribution < 1.29 is 28.8 Å². The number of aromatic nitrogens is 2. The second kappa shape index (κ2) is 7.80. The summed E-state index contributed by atoms with van der Waals surface area (Å²) in [6, 6.07) is 0. The fourth-order valence-corrected chi connectivity index (χ4v) is 3.90. The number of carbonyl (C=O) groups excluding carboxylic acids is 2. The molecule has 28 heavy (non-hydrogen) atoms. The summed E-state index contributed by atoms with van der Waals surface area (Å²) in [5.41, 5.74) is 0.646. The molecular weight excluding hydrogens is 366 g/mol. The number of carbonyl (C=O) groups is 2. The molecule has 10 heteroatoms. The van der Waals surface area contributed by atoms with Gasteiger partial charge in [0.15, 0.2) is 13.1 Å². The Balaban J connectivity index is 1.36. The molecule has 3 fully saturated rings. The Morgan fingerprint density at radius 3 is 2.68 bits per heavy atom. The molecule has 0 aromatic carbocycles. The normalized spacial score (nSPS) is 26.1. The molecule has 2 amide bonds. The summed E-state index contributed by atoms with van der Waals surface area (Å²) >= 11 is 0. The Bertz CT molecular complexity index is 758. The van der Waals surface area contributed by atoms with Gasteiger partial charge in [0.05, 0.1) is 17.9 Å². The van der Waals surface area contributed by atoms with Crippen LogP contribution in [0.3, 0.4) is 0 Å². The lowest BCUT2D eigenvalue weighted by Crippen LogP contribution is -2.56. The van der Waals surface area contributed by atoms with Crippen LogP contribution in [-0.4, -0.2) is 85.9 Å². The number of morpholine rings is 1. The second-order valence-corrected chi connectivity index (χ2v) is 7.38. The third-order valence-electron chi connectivity index (χ3n) is 5.45. The van der Waals surface area contributed by atoms with Gasteiger partial charge in [-0.1, -0.05) is 5.06 Å². The smallest absolute Gasteiger partial charge is 0.428 e. The lowest BCUT2D eigenvalue weighted by atomic mass is 9.90.